The summed E-state index contributed by atoms with van der Waals surface area (Å²) in [6.45, 7) is 2.65. The van der Waals surface area contributed by atoms with Gasteiger partial charge in [-0.25, -0.2) is 9.97 Å². The van der Waals surface area contributed by atoms with E-state index in [0.717, 1.165) is 44.0 Å². The Bertz CT molecular complexity index is 670. The van der Waals surface area contributed by atoms with Gasteiger partial charge in [-0.2, -0.15) is 5.10 Å². The lowest BCUT2D eigenvalue weighted by Crippen LogP contribution is -2.23. The molecule has 0 aliphatic carbocycles. The number of nitrogens with zero attached hydrogens (tertiary/aromatic N) is 6. The van der Waals surface area contributed by atoms with Crippen LogP contribution >= 0.6 is 0 Å². The molecule has 0 N–H and O–H groups in total. The molecule has 2 saturated heterocycles. The summed E-state index contributed by atoms with van der Waals surface area (Å²) in [4.78, 5) is 24.1. The topological polar surface area (TPSA) is 67.2 Å². The fourth-order valence-corrected chi connectivity index (χ4v) is 3.22. The molecule has 114 valence electrons. The maximum atomic E-state index is 11.8. The van der Waals surface area contributed by atoms with Gasteiger partial charge in [0.1, 0.15) is 12.1 Å². The van der Waals surface area contributed by atoms with Crippen molar-refractivity contribution < 1.29 is 4.79 Å². The molecule has 22 heavy (non-hydrogen) atoms. The van der Waals surface area contributed by atoms with Crippen LogP contribution in [0, 0.1) is 0 Å². The second-order valence-electron chi connectivity index (χ2n) is 5.78. The normalized spacial score (nSPS) is 21.8. The van der Waals surface area contributed by atoms with E-state index in [1.54, 1.807) is 18.7 Å². The Morgan fingerprint density at radius 3 is 3.00 bits per heavy atom. The highest BCUT2D eigenvalue weighted by Gasteiger charge is 2.27. The monoisotopic (exact) mass is 298 g/mol. The molecule has 0 radical (unpaired) electrons. The Labute approximate surface area is 128 Å². The number of amides is 1. The van der Waals surface area contributed by atoms with Gasteiger partial charge in [0, 0.05) is 38.4 Å². The molecule has 1 amide bonds. The van der Waals surface area contributed by atoms with Crippen LogP contribution in [0.15, 0.2) is 31.0 Å². The lowest BCUT2D eigenvalue weighted by Gasteiger charge is -2.17. The van der Waals surface area contributed by atoms with Crippen LogP contribution in [0.2, 0.25) is 0 Å². The Hall–Kier alpha value is -2.44. The fraction of sp³-hybridized carbons (Fsp3) is 0.467. The largest absolute Gasteiger partial charge is 0.354 e. The van der Waals surface area contributed by atoms with E-state index in [4.69, 9.17) is 0 Å². The van der Waals surface area contributed by atoms with E-state index in [0.29, 0.717) is 12.5 Å². The zero-order chi connectivity index (χ0) is 14.9. The maximum Gasteiger partial charge on any atom is 0.227 e. The minimum Gasteiger partial charge on any atom is -0.354 e. The van der Waals surface area contributed by atoms with Gasteiger partial charge in [-0.1, -0.05) is 0 Å². The molecule has 1 unspecified atom stereocenters. The predicted octanol–water partition coefficient (Wildman–Crippen LogP) is 1.25. The summed E-state index contributed by atoms with van der Waals surface area (Å²) in [5.74, 6) is 1.16. The minimum absolute atomic E-state index is 0.202. The van der Waals surface area contributed by atoms with Crippen LogP contribution in [0.25, 0.3) is 0 Å². The third-order valence-electron chi connectivity index (χ3n) is 4.40. The number of aromatic nitrogens is 4. The van der Waals surface area contributed by atoms with Gasteiger partial charge in [-0.05, 0) is 18.9 Å². The molecule has 2 aliphatic heterocycles. The Balaban J connectivity index is 1.47. The quantitative estimate of drug-likeness (QED) is 0.853. The summed E-state index contributed by atoms with van der Waals surface area (Å²) in [6.07, 6.45) is 9.76. The maximum absolute atomic E-state index is 11.8. The second-order valence-corrected chi connectivity index (χ2v) is 5.78. The van der Waals surface area contributed by atoms with Crippen LogP contribution < -0.4 is 9.80 Å². The van der Waals surface area contributed by atoms with Gasteiger partial charge in [0.15, 0.2) is 0 Å². The number of hydrogen-bond donors (Lipinski definition) is 0. The van der Waals surface area contributed by atoms with Crippen molar-refractivity contribution in [2.24, 2.45) is 0 Å². The van der Waals surface area contributed by atoms with E-state index < -0.39 is 0 Å². The van der Waals surface area contributed by atoms with Gasteiger partial charge in [-0.15, -0.1) is 0 Å². The molecule has 7 nitrogen and oxygen atoms in total. The molecule has 1 atom stereocenters. The molecule has 2 fully saturated rings. The van der Waals surface area contributed by atoms with Crippen molar-refractivity contribution in [3.05, 3.63) is 31.0 Å². The predicted molar refractivity (Wildman–Crippen MR) is 81.7 cm³/mol. The average molecular weight is 298 g/mol. The minimum atomic E-state index is 0.202. The van der Waals surface area contributed by atoms with Crippen molar-refractivity contribution in [2.45, 2.75) is 25.3 Å². The summed E-state index contributed by atoms with van der Waals surface area (Å²) in [6, 6.07) is 2.25. The molecular weight excluding hydrogens is 280 g/mol. The third-order valence-corrected chi connectivity index (χ3v) is 4.40. The highest BCUT2D eigenvalue weighted by atomic mass is 16.2. The van der Waals surface area contributed by atoms with E-state index in [1.807, 2.05) is 21.8 Å². The van der Waals surface area contributed by atoms with Gasteiger partial charge >= 0.3 is 0 Å². The van der Waals surface area contributed by atoms with Crippen LogP contribution in [0.4, 0.5) is 11.5 Å². The van der Waals surface area contributed by atoms with Gasteiger partial charge in [0.2, 0.25) is 5.91 Å². The molecule has 0 aromatic carbocycles. The lowest BCUT2D eigenvalue weighted by molar-refractivity contribution is -0.117. The Kier molecular flexibility index (Phi) is 3.25. The van der Waals surface area contributed by atoms with Crippen LogP contribution in [0.3, 0.4) is 0 Å². The van der Waals surface area contributed by atoms with Crippen LogP contribution in [-0.2, 0) is 4.79 Å². The van der Waals surface area contributed by atoms with E-state index in [9.17, 15) is 4.79 Å². The van der Waals surface area contributed by atoms with Crippen molar-refractivity contribution in [3.8, 4) is 0 Å². The third kappa shape index (κ3) is 2.32. The number of carbonyl (C=O) groups excluding carboxylic acids is 1. The SMILES string of the molecule is O=C1CCCN1c1cnn(C2CCN(c3ccncn3)C2)c1. The van der Waals surface area contributed by atoms with Crippen molar-refractivity contribution >= 4 is 17.4 Å². The molecule has 4 heterocycles. The fourth-order valence-electron chi connectivity index (χ4n) is 3.22. The van der Waals surface area contributed by atoms with Crippen molar-refractivity contribution in [1.29, 1.82) is 0 Å². The standard InChI is InChI=1S/C15H18N6O/c22-15-2-1-6-20(15)13-8-18-21(10-13)12-4-7-19(9-12)14-3-5-16-11-17-14/h3,5,8,10-12H,1-2,4,6-7,9H2. The highest BCUT2D eigenvalue weighted by molar-refractivity contribution is 5.95. The van der Waals surface area contributed by atoms with Gasteiger partial charge < -0.3 is 9.80 Å². The lowest BCUT2D eigenvalue weighted by atomic mass is 10.3. The van der Waals surface area contributed by atoms with E-state index in [2.05, 4.69) is 20.0 Å². The first kappa shape index (κ1) is 13.2. The van der Waals surface area contributed by atoms with Gasteiger partial charge in [0.25, 0.3) is 0 Å². The van der Waals surface area contributed by atoms with Crippen molar-refractivity contribution in [2.75, 3.05) is 29.4 Å². The van der Waals surface area contributed by atoms with E-state index in [-0.39, 0.29) is 5.91 Å². The molecule has 2 aromatic heterocycles. The smallest absolute Gasteiger partial charge is 0.227 e. The number of anilines is 2. The molecule has 0 bridgehead atoms. The molecule has 0 spiro atoms. The summed E-state index contributed by atoms with van der Waals surface area (Å²) in [5, 5.41) is 4.47. The van der Waals surface area contributed by atoms with Crippen LogP contribution in [0.1, 0.15) is 25.3 Å². The summed E-state index contributed by atoms with van der Waals surface area (Å²) >= 11 is 0. The van der Waals surface area contributed by atoms with Crippen molar-refractivity contribution in [3.63, 3.8) is 0 Å². The first-order valence-electron chi connectivity index (χ1n) is 7.67. The molecule has 2 aromatic rings. The van der Waals surface area contributed by atoms with Gasteiger partial charge in [0.05, 0.1) is 17.9 Å². The average Bonchev–Trinajstić information content (AvgIpc) is 3.27. The molecule has 0 saturated carbocycles. The molecular formula is C15H18N6O. The Morgan fingerprint density at radius 2 is 2.23 bits per heavy atom. The Morgan fingerprint density at radius 1 is 1.27 bits per heavy atom. The molecule has 4 rings (SSSR count). The van der Waals surface area contributed by atoms with Crippen LogP contribution in [0.5, 0.6) is 0 Å². The summed E-state index contributed by atoms with van der Waals surface area (Å²) < 4.78 is 1.99. The highest BCUT2D eigenvalue weighted by Crippen LogP contribution is 2.27. The first-order chi connectivity index (χ1) is 10.8. The zero-order valence-electron chi connectivity index (χ0n) is 12.3. The second kappa shape index (κ2) is 5.40. The number of carbonyl (C=O) groups is 1. The number of hydrogen-bond acceptors (Lipinski definition) is 5. The summed E-state index contributed by atoms with van der Waals surface area (Å²) in [5.41, 5.74) is 0.919. The van der Waals surface area contributed by atoms with E-state index in [1.165, 1.54) is 0 Å². The molecule has 2 aliphatic rings. The van der Waals surface area contributed by atoms with Crippen LogP contribution in [-0.4, -0.2) is 45.3 Å². The number of rotatable bonds is 3. The molecule has 7 heteroatoms. The first-order valence-corrected chi connectivity index (χ1v) is 7.67. The zero-order valence-corrected chi connectivity index (χ0v) is 12.3. The van der Waals surface area contributed by atoms with Gasteiger partial charge in [-0.3, -0.25) is 9.48 Å². The van der Waals surface area contributed by atoms with E-state index >= 15 is 0 Å². The summed E-state index contributed by atoms with van der Waals surface area (Å²) in [7, 11) is 0. The van der Waals surface area contributed by atoms with Crippen molar-refractivity contribution in [1.82, 2.24) is 19.7 Å².